The Morgan fingerprint density at radius 2 is 1.15 bits per heavy atom. The third-order valence-corrected chi connectivity index (χ3v) is 11.7. The fraction of sp³-hybridized carbons (Fsp3) is 0.596. The van der Waals surface area contributed by atoms with Gasteiger partial charge >= 0.3 is 53.7 Å². The van der Waals surface area contributed by atoms with Crippen LogP contribution in [0.25, 0.3) is 6.08 Å². The smallest absolute Gasteiger partial charge is 0.330 e. The number of hydrogen-bond acceptors (Lipinski definition) is 25. The average molecular weight is 1020 g/mol. The molecule has 5 aliphatic rings. The second-order valence-electron chi connectivity index (χ2n) is 17.1. The number of rotatable bonds is 18. The molecule has 16 atom stereocenters. The molecule has 0 N–H and O–H groups in total. The number of fused-ring (bicyclic) bond motifs is 3. The third-order valence-electron chi connectivity index (χ3n) is 11.7. The van der Waals surface area contributed by atoms with Crippen LogP contribution in [-0.2, 0) is 109 Å². The van der Waals surface area contributed by atoms with Crippen LogP contribution in [0.3, 0.4) is 0 Å². The summed E-state index contributed by atoms with van der Waals surface area (Å²) in [7, 11) is 1.37. The van der Waals surface area contributed by atoms with Crippen LogP contribution in [-0.4, -0.2) is 160 Å². The molecule has 72 heavy (non-hydrogen) atoms. The Balaban J connectivity index is 1.36. The van der Waals surface area contributed by atoms with Gasteiger partial charge in [-0.05, 0) is 36.8 Å². The van der Waals surface area contributed by atoms with Crippen molar-refractivity contribution in [3.63, 3.8) is 0 Å². The van der Waals surface area contributed by atoms with Crippen molar-refractivity contribution in [1.82, 2.24) is 0 Å². The fourth-order valence-electron chi connectivity index (χ4n) is 9.07. The lowest BCUT2D eigenvalue weighted by molar-refractivity contribution is -0.349. The summed E-state index contributed by atoms with van der Waals surface area (Å²) in [6.07, 6.45) is -12.9. The number of carbonyl (C=O) groups excluding carboxylic acids is 9. The Morgan fingerprint density at radius 3 is 1.72 bits per heavy atom. The molecule has 3 saturated heterocycles. The maximum absolute atomic E-state index is 13.5. The van der Waals surface area contributed by atoms with Crippen LogP contribution in [0.15, 0.2) is 36.6 Å². The molecule has 1 aromatic carbocycles. The standard InChI is InChI=1S/C47H56O25/c1-20-36(63-23(4)50)39(65-25(6)52)41(67-27(8)54)45(61-20)70-37-30-15-16-58-44(71-46-42(68-28(9)55)40(66-26(7)53)38(64-24(5)51)33(69-46)18-59-21(2)48)35(30)47(43(37)72-47)19-60-34(56)14-12-29-11-13-31(62-22(3)49)32(17-29)57-10/h11-17,20,30,33,35-46H,18-19H2,1-10H3/b14-12+/t20-,30?,33-,35?,36+,37+,38-,39-,40+,41+,42-,43+,44?,45+,46+,47-/m1/s1. The van der Waals surface area contributed by atoms with Gasteiger partial charge in [0.25, 0.3) is 0 Å². The number of epoxide rings is 1. The summed E-state index contributed by atoms with van der Waals surface area (Å²) < 4.78 is 92.9. The molecule has 25 heteroatoms. The molecule has 6 rings (SSSR count). The summed E-state index contributed by atoms with van der Waals surface area (Å²) in [5.41, 5.74) is -1.07. The quantitative estimate of drug-likeness (QED) is 0.0661. The van der Waals surface area contributed by atoms with Crippen molar-refractivity contribution in [2.45, 2.75) is 148 Å². The molecule has 4 aliphatic heterocycles. The summed E-state index contributed by atoms with van der Waals surface area (Å²) >= 11 is 0. The number of carbonyl (C=O) groups is 9. The monoisotopic (exact) mass is 1020 g/mol. The highest BCUT2D eigenvalue weighted by atomic mass is 16.8. The summed E-state index contributed by atoms with van der Waals surface area (Å²) in [6, 6.07) is 4.55. The lowest BCUT2D eigenvalue weighted by Gasteiger charge is -2.46. The molecule has 25 nitrogen and oxygen atoms in total. The van der Waals surface area contributed by atoms with Crippen molar-refractivity contribution >= 4 is 59.8 Å². The van der Waals surface area contributed by atoms with Gasteiger partial charge in [-0.1, -0.05) is 6.07 Å². The normalized spacial score (nSPS) is 33.1. The molecule has 0 spiro atoms. The Hall–Kier alpha value is -6.67. The number of ether oxygens (including phenoxy) is 16. The van der Waals surface area contributed by atoms with E-state index in [1.54, 1.807) is 12.1 Å². The van der Waals surface area contributed by atoms with Crippen molar-refractivity contribution in [3.05, 3.63) is 42.2 Å². The van der Waals surface area contributed by atoms with Crippen molar-refractivity contribution in [3.8, 4) is 11.5 Å². The highest BCUT2D eigenvalue weighted by Gasteiger charge is 2.78. The van der Waals surface area contributed by atoms with Gasteiger partial charge in [-0.3, -0.25) is 38.4 Å². The van der Waals surface area contributed by atoms with Gasteiger partial charge in [0.15, 0.2) is 54.4 Å². The molecular weight excluding hydrogens is 964 g/mol. The molecule has 0 bridgehead atoms. The lowest BCUT2D eigenvalue weighted by Crippen LogP contribution is -2.64. The fourth-order valence-corrected chi connectivity index (χ4v) is 9.07. The Kier molecular flexibility index (Phi) is 17.7. The van der Waals surface area contributed by atoms with Gasteiger partial charge in [0, 0.05) is 67.4 Å². The Morgan fingerprint density at radius 1 is 0.597 bits per heavy atom. The minimum Gasteiger partial charge on any atom is -0.493 e. The molecule has 4 heterocycles. The maximum Gasteiger partial charge on any atom is 0.330 e. The second-order valence-corrected chi connectivity index (χ2v) is 17.1. The van der Waals surface area contributed by atoms with E-state index >= 15 is 0 Å². The van der Waals surface area contributed by atoms with E-state index in [4.69, 9.17) is 75.8 Å². The van der Waals surface area contributed by atoms with Gasteiger partial charge in [0.05, 0.1) is 31.5 Å². The van der Waals surface area contributed by atoms with Crippen LogP contribution in [0.5, 0.6) is 11.5 Å². The largest absolute Gasteiger partial charge is 0.493 e. The van der Waals surface area contributed by atoms with E-state index in [-0.39, 0.29) is 11.5 Å². The van der Waals surface area contributed by atoms with Crippen LogP contribution in [0.4, 0.5) is 0 Å². The van der Waals surface area contributed by atoms with E-state index in [0.717, 1.165) is 54.5 Å². The van der Waals surface area contributed by atoms with Gasteiger partial charge < -0.3 is 75.8 Å². The molecule has 1 aliphatic carbocycles. The van der Waals surface area contributed by atoms with Crippen LogP contribution in [0, 0.1) is 11.8 Å². The van der Waals surface area contributed by atoms with Gasteiger partial charge in [-0.15, -0.1) is 0 Å². The zero-order valence-electron chi connectivity index (χ0n) is 40.8. The van der Waals surface area contributed by atoms with Gasteiger partial charge in [-0.2, -0.15) is 0 Å². The van der Waals surface area contributed by atoms with Crippen molar-refractivity contribution < 1.29 is 119 Å². The zero-order valence-corrected chi connectivity index (χ0v) is 40.8. The summed E-state index contributed by atoms with van der Waals surface area (Å²) in [6.45, 7) is 9.29. The van der Waals surface area contributed by atoms with Crippen LogP contribution in [0.1, 0.15) is 67.9 Å². The Labute approximate surface area is 411 Å². The van der Waals surface area contributed by atoms with E-state index in [1.165, 1.54) is 45.4 Å². The zero-order chi connectivity index (χ0) is 52.8. The number of benzene rings is 1. The van der Waals surface area contributed by atoms with E-state index in [1.807, 2.05) is 0 Å². The molecule has 4 fully saturated rings. The Bertz CT molecular complexity index is 2310. The molecule has 394 valence electrons. The first-order valence-corrected chi connectivity index (χ1v) is 22.5. The summed E-state index contributed by atoms with van der Waals surface area (Å²) in [5.74, 6) is -8.76. The minimum atomic E-state index is -1.75. The number of hydrogen-bond donors (Lipinski definition) is 0. The van der Waals surface area contributed by atoms with E-state index in [2.05, 4.69) is 0 Å². The minimum absolute atomic E-state index is 0.149. The topological polar surface area (TPSA) is 305 Å². The van der Waals surface area contributed by atoms with E-state index in [0.29, 0.717) is 5.56 Å². The average Bonchev–Trinajstić information content (AvgIpc) is 3.95. The molecule has 0 aromatic heterocycles. The first-order chi connectivity index (χ1) is 34.0. The summed E-state index contributed by atoms with van der Waals surface area (Å²) in [5, 5.41) is 0. The number of methoxy groups -OCH3 is 1. The number of esters is 9. The first-order valence-electron chi connectivity index (χ1n) is 22.5. The van der Waals surface area contributed by atoms with E-state index in [9.17, 15) is 43.2 Å². The van der Waals surface area contributed by atoms with E-state index < -0.39 is 164 Å². The van der Waals surface area contributed by atoms with Crippen LogP contribution >= 0.6 is 0 Å². The SMILES string of the molecule is COc1cc(/C=C/C(=O)OC[C@]23O[C@H]2[C@@H](O[C@@H]2O[C@H](C)[C@H](OC(C)=O)[C@@H](OC(C)=O)[C@@H]2OC(C)=O)C2C=COC(O[C@@H]4O[C@H](COC(C)=O)[C@@H](OC(C)=O)[C@H](OC(C)=O)[C@H]4OC(C)=O)C23)ccc1OC(C)=O. The van der Waals surface area contributed by atoms with Gasteiger partial charge in [0.1, 0.15) is 31.0 Å². The van der Waals surface area contributed by atoms with Crippen molar-refractivity contribution in [1.29, 1.82) is 0 Å². The molecule has 1 aromatic rings. The molecule has 3 unspecified atom stereocenters. The summed E-state index contributed by atoms with van der Waals surface area (Å²) in [4.78, 5) is 112. The predicted molar refractivity (Wildman–Crippen MR) is 232 cm³/mol. The molecule has 1 saturated carbocycles. The van der Waals surface area contributed by atoms with Gasteiger partial charge in [0.2, 0.25) is 12.6 Å². The third kappa shape index (κ3) is 13.0. The highest BCUT2D eigenvalue weighted by molar-refractivity contribution is 5.87. The predicted octanol–water partition coefficient (Wildman–Crippen LogP) is 1.46. The van der Waals surface area contributed by atoms with Crippen LogP contribution < -0.4 is 9.47 Å². The van der Waals surface area contributed by atoms with Crippen molar-refractivity contribution in [2.75, 3.05) is 20.3 Å². The lowest BCUT2D eigenvalue weighted by atomic mass is 9.85. The van der Waals surface area contributed by atoms with Crippen molar-refractivity contribution in [2.24, 2.45) is 11.8 Å². The molecular formula is C47H56O25. The maximum atomic E-state index is 13.5. The molecule has 0 radical (unpaired) electrons. The van der Waals surface area contributed by atoms with Gasteiger partial charge in [-0.25, -0.2) is 4.79 Å². The second kappa shape index (κ2) is 23.3. The molecule has 0 amide bonds. The first kappa shape index (κ1) is 54.7. The van der Waals surface area contributed by atoms with Crippen LogP contribution in [0.2, 0.25) is 0 Å². The highest BCUT2D eigenvalue weighted by Crippen LogP contribution is 2.61.